The molecule has 0 bridgehead atoms. The smallest absolute Gasteiger partial charge is 0.406 e. The van der Waals surface area contributed by atoms with E-state index in [1.807, 2.05) is 0 Å². The van der Waals surface area contributed by atoms with Crippen LogP contribution in [0.3, 0.4) is 0 Å². The molecule has 0 saturated heterocycles. The van der Waals surface area contributed by atoms with Gasteiger partial charge in [-0.25, -0.2) is 4.98 Å². The Morgan fingerprint density at radius 1 is 1.07 bits per heavy atom. The van der Waals surface area contributed by atoms with Crippen LogP contribution in [0.1, 0.15) is 19.5 Å². The maximum atomic E-state index is 13.2. The molecule has 2 aromatic rings. The van der Waals surface area contributed by atoms with E-state index in [9.17, 15) is 31.4 Å². The van der Waals surface area contributed by atoms with E-state index in [1.54, 1.807) is 13.8 Å². The van der Waals surface area contributed by atoms with Gasteiger partial charge in [0, 0.05) is 17.8 Å². The van der Waals surface area contributed by atoms with E-state index in [-0.39, 0.29) is 24.0 Å². The summed E-state index contributed by atoms with van der Waals surface area (Å²) in [6, 6.07) is 4.58. The van der Waals surface area contributed by atoms with Gasteiger partial charge in [-0.3, -0.25) is 0 Å². The highest BCUT2D eigenvalue weighted by Crippen LogP contribution is 2.31. The zero-order chi connectivity index (χ0) is 21.8. The van der Waals surface area contributed by atoms with Gasteiger partial charge in [0.25, 0.3) is 0 Å². The normalized spacial score (nSPS) is 13.3. The summed E-state index contributed by atoms with van der Waals surface area (Å²) >= 11 is 0. The van der Waals surface area contributed by atoms with Crippen molar-refractivity contribution < 1.29 is 36.2 Å². The molecule has 0 radical (unpaired) electrons. The van der Waals surface area contributed by atoms with Gasteiger partial charge in [-0.15, -0.1) is 13.2 Å². The zero-order valence-corrected chi connectivity index (χ0v) is 15.3. The summed E-state index contributed by atoms with van der Waals surface area (Å²) < 4.78 is 80.3. The largest absolute Gasteiger partial charge is 0.573 e. The number of aliphatic hydroxyl groups excluding tert-OH is 1. The molecule has 3 N–H and O–H groups in total. The summed E-state index contributed by atoms with van der Waals surface area (Å²) in [6.45, 7) is 3.12. The van der Waals surface area contributed by atoms with Crippen LogP contribution in [0.4, 0.5) is 43.8 Å². The van der Waals surface area contributed by atoms with Crippen molar-refractivity contribution in [2.24, 2.45) is 5.92 Å². The molecule has 0 aliphatic heterocycles. The zero-order valence-electron chi connectivity index (χ0n) is 15.3. The van der Waals surface area contributed by atoms with Crippen LogP contribution in [0.5, 0.6) is 5.75 Å². The predicted octanol–water partition coefficient (Wildman–Crippen LogP) is 4.57. The summed E-state index contributed by atoms with van der Waals surface area (Å²) in [5, 5.41) is 14.5. The van der Waals surface area contributed by atoms with E-state index >= 15 is 0 Å². The van der Waals surface area contributed by atoms with E-state index in [1.165, 1.54) is 12.1 Å². The molecule has 2 rings (SSSR count). The van der Waals surface area contributed by atoms with Gasteiger partial charge >= 0.3 is 12.5 Å². The maximum Gasteiger partial charge on any atom is 0.573 e. The lowest BCUT2D eigenvalue weighted by molar-refractivity contribution is -0.274. The summed E-state index contributed by atoms with van der Waals surface area (Å²) in [4.78, 5) is 7.32. The van der Waals surface area contributed by atoms with Crippen molar-refractivity contribution in [2.75, 3.05) is 17.2 Å². The predicted molar refractivity (Wildman–Crippen MR) is 92.8 cm³/mol. The fourth-order valence-electron chi connectivity index (χ4n) is 2.23. The van der Waals surface area contributed by atoms with Crippen molar-refractivity contribution in [3.63, 3.8) is 0 Å². The Labute approximate surface area is 161 Å². The highest BCUT2D eigenvalue weighted by atomic mass is 19.4. The summed E-state index contributed by atoms with van der Waals surface area (Å²) in [6.07, 6.45) is -9.70. The minimum absolute atomic E-state index is 0.0205. The second-order valence-corrected chi connectivity index (χ2v) is 6.34. The Bertz CT molecular complexity index is 826. The van der Waals surface area contributed by atoms with Crippen molar-refractivity contribution in [3.8, 4) is 5.75 Å². The monoisotopic (exact) mass is 424 g/mol. The third-order valence-electron chi connectivity index (χ3n) is 3.67. The minimum atomic E-state index is -4.91. The molecule has 0 fully saturated rings. The highest BCUT2D eigenvalue weighted by molar-refractivity contribution is 5.59. The van der Waals surface area contributed by atoms with Crippen LogP contribution in [0.15, 0.2) is 30.3 Å². The van der Waals surface area contributed by atoms with Gasteiger partial charge in [0.15, 0.2) is 5.69 Å². The fraction of sp³-hybridized carbons (Fsp3) is 0.412. The van der Waals surface area contributed by atoms with E-state index in [2.05, 4.69) is 25.3 Å². The number of benzene rings is 1. The summed E-state index contributed by atoms with van der Waals surface area (Å²) in [5.74, 6) is -1.38. The molecular formula is C17H18F6N4O2. The van der Waals surface area contributed by atoms with Gasteiger partial charge in [0.05, 0.1) is 12.6 Å². The van der Waals surface area contributed by atoms with Crippen LogP contribution in [0.25, 0.3) is 0 Å². The number of nitrogens with zero attached hydrogens (tertiary/aromatic N) is 2. The molecule has 0 saturated carbocycles. The number of halogens is 6. The first-order valence-electron chi connectivity index (χ1n) is 8.34. The first-order valence-corrected chi connectivity index (χ1v) is 8.34. The molecule has 0 spiro atoms. The number of nitrogens with one attached hydrogen (secondary N) is 2. The Morgan fingerprint density at radius 2 is 1.76 bits per heavy atom. The molecule has 12 heteroatoms. The van der Waals surface area contributed by atoms with Gasteiger partial charge in [-0.2, -0.15) is 18.2 Å². The Balaban J connectivity index is 2.34. The topological polar surface area (TPSA) is 79.3 Å². The number of anilines is 3. The van der Waals surface area contributed by atoms with Crippen molar-refractivity contribution in [1.82, 2.24) is 9.97 Å². The molecule has 6 nitrogen and oxygen atoms in total. The van der Waals surface area contributed by atoms with Crippen molar-refractivity contribution in [1.29, 1.82) is 0 Å². The standard InChI is InChI=1S/C17H18F6N4O2/c1-9(2)12(8-28)25-15-26-13(16(18,19)20)7-14(27-15)24-10-4-3-5-11(6-10)29-17(21,22)23/h3-7,9,12,28H,8H2,1-2H3,(H2,24,25,26,27)/t12-/m0/s1. The van der Waals surface area contributed by atoms with Crippen LogP contribution in [-0.4, -0.2) is 34.1 Å². The third-order valence-corrected chi connectivity index (χ3v) is 3.67. The highest BCUT2D eigenvalue weighted by Gasteiger charge is 2.34. The number of hydrogen-bond acceptors (Lipinski definition) is 6. The van der Waals surface area contributed by atoms with Crippen LogP contribution < -0.4 is 15.4 Å². The van der Waals surface area contributed by atoms with E-state index in [0.717, 1.165) is 12.1 Å². The lowest BCUT2D eigenvalue weighted by atomic mass is 10.1. The number of rotatable bonds is 7. The average molecular weight is 424 g/mol. The molecule has 1 aromatic carbocycles. The lowest BCUT2D eigenvalue weighted by Crippen LogP contribution is -2.30. The second-order valence-electron chi connectivity index (χ2n) is 6.34. The van der Waals surface area contributed by atoms with Crippen LogP contribution in [-0.2, 0) is 6.18 Å². The maximum absolute atomic E-state index is 13.2. The summed E-state index contributed by atoms with van der Waals surface area (Å²) in [7, 11) is 0. The SMILES string of the molecule is CC(C)[C@H](CO)Nc1nc(Nc2cccc(OC(F)(F)F)c2)cc(C(F)(F)F)n1. The average Bonchev–Trinajstić information content (AvgIpc) is 2.57. The summed E-state index contributed by atoms with van der Waals surface area (Å²) in [5.41, 5.74) is -1.24. The van der Waals surface area contributed by atoms with Crippen molar-refractivity contribution in [3.05, 3.63) is 36.0 Å². The second kappa shape index (κ2) is 8.72. The number of alkyl halides is 6. The molecule has 160 valence electrons. The molecule has 29 heavy (non-hydrogen) atoms. The quantitative estimate of drug-likeness (QED) is 0.566. The van der Waals surface area contributed by atoms with Crippen LogP contribution in [0.2, 0.25) is 0 Å². The molecule has 0 unspecified atom stereocenters. The van der Waals surface area contributed by atoms with Crippen LogP contribution >= 0.6 is 0 Å². The fourth-order valence-corrected chi connectivity index (χ4v) is 2.23. The Hall–Kier alpha value is -2.76. The number of ether oxygens (including phenoxy) is 1. The first kappa shape index (κ1) is 22.5. The van der Waals surface area contributed by atoms with Gasteiger partial charge in [-0.05, 0) is 18.1 Å². The van der Waals surface area contributed by atoms with Gasteiger partial charge in [-0.1, -0.05) is 19.9 Å². The van der Waals surface area contributed by atoms with E-state index in [4.69, 9.17) is 0 Å². The van der Waals surface area contributed by atoms with Gasteiger partial charge in [0.2, 0.25) is 5.95 Å². The molecular weight excluding hydrogens is 406 g/mol. The molecule has 0 aliphatic rings. The molecule has 1 aromatic heterocycles. The van der Waals surface area contributed by atoms with Crippen molar-refractivity contribution in [2.45, 2.75) is 32.4 Å². The third kappa shape index (κ3) is 6.97. The first-order chi connectivity index (χ1) is 13.4. The van der Waals surface area contributed by atoms with Crippen LogP contribution in [0, 0.1) is 5.92 Å². The number of aliphatic hydroxyl groups is 1. The van der Waals surface area contributed by atoms with Gasteiger partial charge in [0.1, 0.15) is 11.6 Å². The van der Waals surface area contributed by atoms with Crippen molar-refractivity contribution >= 4 is 17.5 Å². The lowest BCUT2D eigenvalue weighted by Gasteiger charge is -2.21. The Morgan fingerprint density at radius 3 is 2.31 bits per heavy atom. The van der Waals surface area contributed by atoms with Gasteiger partial charge < -0.3 is 20.5 Å². The number of hydrogen-bond donors (Lipinski definition) is 3. The number of aromatic nitrogens is 2. The molecule has 0 aliphatic carbocycles. The van der Waals surface area contributed by atoms with E-state index < -0.39 is 36.0 Å². The molecule has 1 atom stereocenters. The van der Waals surface area contributed by atoms with E-state index in [0.29, 0.717) is 6.07 Å². The molecule has 0 amide bonds. The molecule has 1 heterocycles. The Kier molecular flexibility index (Phi) is 6.77. The minimum Gasteiger partial charge on any atom is -0.406 e.